The smallest absolute Gasteiger partial charge is 0.137 e. The van der Waals surface area contributed by atoms with E-state index in [-0.39, 0.29) is 11.9 Å². The van der Waals surface area contributed by atoms with Crippen LogP contribution in [0.3, 0.4) is 0 Å². The maximum atomic E-state index is 13.2. The van der Waals surface area contributed by atoms with Crippen molar-refractivity contribution in [2.45, 2.75) is 19.4 Å². The number of halogens is 2. The predicted molar refractivity (Wildman–Crippen MR) is 70.6 cm³/mol. The third-order valence-corrected chi connectivity index (χ3v) is 2.45. The molecule has 0 heterocycles. The fourth-order valence-corrected chi connectivity index (χ4v) is 1.29. The predicted octanol–water partition coefficient (Wildman–Crippen LogP) is 3.22. The van der Waals surface area contributed by atoms with Crippen LogP contribution in [-0.2, 0) is 4.74 Å². The molecular weight excluding hydrogens is 255 g/mol. The monoisotopic (exact) mass is 270 g/mol. The van der Waals surface area contributed by atoms with E-state index in [4.69, 9.17) is 21.1 Å². The van der Waals surface area contributed by atoms with Gasteiger partial charge < -0.3 is 9.47 Å². The molecule has 0 spiro atoms. The van der Waals surface area contributed by atoms with E-state index in [0.717, 1.165) is 0 Å². The first kappa shape index (κ1) is 14.8. The number of rotatable bonds is 5. The Hall–Kier alpha value is -1.24. The molecule has 1 atom stereocenters. The van der Waals surface area contributed by atoms with Crippen molar-refractivity contribution in [2.75, 3.05) is 19.6 Å². The summed E-state index contributed by atoms with van der Waals surface area (Å²) in [5, 5.41) is 0. The van der Waals surface area contributed by atoms with Gasteiger partial charge in [-0.05, 0) is 19.1 Å². The highest BCUT2D eigenvalue weighted by molar-refractivity contribution is 6.18. The van der Waals surface area contributed by atoms with E-state index in [2.05, 4.69) is 11.8 Å². The summed E-state index contributed by atoms with van der Waals surface area (Å²) in [4.78, 5) is 0. The fourth-order valence-electron chi connectivity index (χ4n) is 1.20. The van der Waals surface area contributed by atoms with Gasteiger partial charge in [-0.2, -0.15) is 0 Å². The minimum atomic E-state index is -0.349. The Kier molecular flexibility index (Phi) is 6.56. The lowest BCUT2D eigenvalue weighted by Crippen LogP contribution is -2.16. The number of hydrogen-bond acceptors (Lipinski definition) is 2. The Bertz CT molecular complexity index is 437. The van der Waals surface area contributed by atoms with Gasteiger partial charge in [-0.1, -0.05) is 11.8 Å². The topological polar surface area (TPSA) is 18.5 Å². The molecule has 0 saturated heterocycles. The van der Waals surface area contributed by atoms with Gasteiger partial charge in [0.05, 0.1) is 11.7 Å². The van der Waals surface area contributed by atoms with E-state index in [1.807, 2.05) is 6.92 Å². The molecule has 0 aliphatic rings. The quantitative estimate of drug-likeness (QED) is 0.604. The third-order valence-electron chi connectivity index (χ3n) is 2.26. The van der Waals surface area contributed by atoms with Crippen LogP contribution < -0.4 is 4.74 Å². The molecule has 0 saturated carbocycles. The van der Waals surface area contributed by atoms with E-state index in [1.165, 1.54) is 12.1 Å². The Balaban J connectivity index is 2.80. The van der Waals surface area contributed by atoms with Gasteiger partial charge in [0.2, 0.25) is 0 Å². The zero-order valence-corrected chi connectivity index (χ0v) is 11.3. The average Bonchev–Trinajstić information content (AvgIpc) is 2.38. The highest BCUT2D eigenvalue weighted by atomic mass is 35.5. The van der Waals surface area contributed by atoms with Crippen LogP contribution >= 0.6 is 11.6 Å². The van der Waals surface area contributed by atoms with Gasteiger partial charge >= 0.3 is 0 Å². The summed E-state index contributed by atoms with van der Waals surface area (Å²) in [7, 11) is 1.60. The van der Waals surface area contributed by atoms with E-state index in [1.54, 1.807) is 13.2 Å². The van der Waals surface area contributed by atoms with Gasteiger partial charge in [0.15, 0.2) is 0 Å². The molecule has 98 valence electrons. The van der Waals surface area contributed by atoms with E-state index < -0.39 is 0 Å². The minimum absolute atomic E-state index is 0.0584. The summed E-state index contributed by atoms with van der Waals surface area (Å²) in [6.07, 6.45) is 0.532. The van der Waals surface area contributed by atoms with E-state index in [0.29, 0.717) is 30.2 Å². The molecule has 0 aliphatic carbocycles. The molecule has 1 aromatic carbocycles. The van der Waals surface area contributed by atoms with Gasteiger partial charge in [-0.25, -0.2) is 4.39 Å². The van der Waals surface area contributed by atoms with Crippen molar-refractivity contribution < 1.29 is 13.9 Å². The Morgan fingerprint density at radius 1 is 1.44 bits per heavy atom. The number of methoxy groups -OCH3 is 1. The van der Waals surface area contributed by atoms with Crippen LogP contribution in [0.5, 0.6) is 5.75 Å². The lowest BCUT2D eigenvalue weighted by Gasteiger charge is -2.12. The molecule has 0 bridgehead atoms. The SMILES string of the molecule is COC(C)COc1cc(F)ccc1C#CCCCl. The second-order valence-corrected chi connectivity index (χ2v) is 4.12. The maximum Gasteiger partial charge on any atom is 0.137 e. The van der Waals surface area contributed by atoms with Gasteiger partial charge in [-0.3, -0.25) is 0 Å². The van der Waals surface area contributed by atoms with Crippen LogP contribution in [-0.4, -0.2) is 25.7 Å². The lowest BCUT2D eigenvalue weighted by atomic mass is 10.2. The highest BCUT2D eigenvalue weighted by Crippen LogP contribution is 2.19. The summed E-state index contributed by atoms with van der Waals surface area (Å²) in [5.74, 6) is 6.37. The van der Waals surface area contributed by atoms with Crippen LogP contribution in [0.15, 0.2) is 18.2 Å². The molecule has 0 aromatic heterocycles. The number of benzene rings is 1. The highest BCUT2D eigenvalue weighted by Gasteiger charge is 2.06. The van der Waals surface area contributed by atoms with Crippen molar-refractivity contribution in [3.05, 3.63) is 29.6 Å². The van der Waals surface area contributed by atoms with Crippen LogP contribution in [0.1, 0.15) is 18.9 Å². The molecule has 1 rings (SSSR count). The molecule has 4 heteroatoms. The summed E-state index contributed by atoms with van der Waals surface area (Å²) in [6.45, 7) is 2.22. The molecule has 1 aromatic rings. The Labute approximate surface area is 112 Å². The van der Waals surface area contributed by atoms with Crippen molar-refractivity contribution in [3.63, 3.8) is 0 Å². The van der Waals surface area contributed by atoms with Crippen molar-refractivity contribution in [1.29, 1.82) is 0 Å². The van der Waals surface area contributed by atoms with E-state index >= 15 is 0 Å². The zero-order valence-electron chi connectivity index (χ0n) is 10.5. The standard InChI is InChI=1S/C14H16ClFO2/c1-11(17-2)10-18-14-9-13(16)7-6-12(14)5-3-4-8-15/h6-7,9,11H,4,8,10H2,1-2H3. The van der Waals surface area contributed by atoms with Crippen molar-refractivity contribution in [3.8, 4) is 17.6 Å². The van der Waals surface area contributed by atoms with Crippen LogP contribution in [0.4, 0.5) is 4.39 Å². The molecule has 0 amide bonds. The van der Waals surface area contributed by atoms with E-state index in [9.17, 15) is 4.39 Å². The molecule has 0 N–H and O–H groups in total. The van der Waals surface area contributed by atoms with Crippen LogP contribution in [0.2, 0.25) is 0 Å². The first-order valence-electron chi connectivity index (χ1n) is 5.67. The minimum Gasteiger partial charge on any atom is -0.489 e. The second kappa shape index (κ2) is 7.97. The van der Waals surface area contributed by atoms with Gasteiger partial charge in [0, 0.05) is 25.5 Å². The Morgan fingerprint density at radius 2 is 2.22 bits per heavy atom. The molecule has 0 radical (unpaired) electrons. The van der Waals surface area contributed by atoms with Crippen molar-refractivity contribution in [2.24, 2.45) is 0 Å². The molecule has 0 aliphatic heterocycles. The first-order valence-corrected chi connectivity index (χ1v) is 6.20. The van der Waals surface area contributed by atoms with Crippen molar-refractivity contribution >= 4 is 11.6 Å². The molecule has 2 nitrogen and oxygen atoms in total. The average molecular weight is 271 g/mol. The third kappa shape index (κ3) is 4.95. The zero-order chi connectivity index (χ0) is 13.4. The van der Waals surface area contributed by atoms with Crippen molar-refractivity contribution in [1.82, 2.24) is 0 Å². The summed E-state index contributed by atoms with van der Waals surface area (Å²) < 4.78 is 23.7. The molecular formula is C14H16ClFO2. The normalized spacial score (nSPS) is 11.6. The molecule has 0 fully saturated rings. The van der Waals surface area contributed by atoms with Gasteiger partial charge in [-0.15, -0.1) is 11.6 Å². The number of hydrogen-bond donors (Lipinski definition) is 0. The first-order chi connectivity index (χ1) is 8.67. The lowest BCUT2D eigenvalue weighted by molar-refractivity contribution is 0.0714. The summed E-state index contributed by atoms with van der Waals surface area (Å²) >= 11 is 5.54. The Morgan fingerprint density at radius 3 is 2.89 bits per heavy atom. The van der Waals surface area contributed by atoms with Gasteiger partial charge in [0.25, 0.3) is 0 Å². The largest absolute Gasteiger partial charge is 0.489 e. The summed E-state index contributed by atoms with van der Waals surface area (Å²) in [5.41, 5.74) is 0.657. The fraction of sp³-hybridized carbons (Fsp3) is 0.429. The molecule has 1 unspecified atom stereocenters. The van der Waals surface area contributed by atoms with Crippen LogP contribution in [0, 0.1) is 17.7 Å². The number of ether oxygens (including phenoxy) is 2. The second-order valence-electron chi connectivity index (χ2n) is 3.74. The van der Waals surface area contributed by atoms with Gasteiger partial charge in [0.1, 0.15) is 18.2 Å². The summed E-state index contributed by atoms with van der Waals surface area (Å²) in [6, 6.07) is 4.29. The molecule has 18 heavy (non-hydrogen) atoms. The maximum absolute atomic E-state index is 13.2. The van der Waals surface area contributed by atoms with Crippen LogP contribution in [0.25, 0.3) is 0 Å². The number of alkyl halides is 1.